The van der Waals surface area contributed by atoms with Gasteiger partial charge in [0.25, 0.3) is 0 Å². The molecule has 213 valence electrons. The summed E-state index contributed by atoms with van der Waals surface area (Å²) in [5, 5.41) is 47.7. The second-order valence-electron chi connectivity index (χ2n) is 10.1. The summed E-state index contributed by atoms with van der Waals surface area (Å²) in [6, 6.07) is 0. The summed E-state index contributed by atoms with van der Waals surface area (Å²) in [6.07, 6.45) is 5.64. The zero-order chi connectivity index (χ0) is 26.3. The molecule has 12 nitrogen and oxygen atoms in total. The maximum absolute atomic E-state index is 11.3. The van der Waals surface area contributed by atoms with Crippen molar-refractivity contribution in [3.8, 4) is 0 Å². The Kier molecular flexibility index (Phi) is 18.2. The third kappa shape index (κ3) is 16.3. The minimum Gasteiger partial charge on any atom is -0.549 e. The fourth-order valence-corrected chi connectivity index (χ4v) is 4.99. The van der Waals surface area contributed by atoms with Gasteiger partial charge < -0.3 is 40.1 Å². The molecule has 13 heteroatoms. The Labute approximate surface area is 252 Å². The summed E-state index contributed by atoms with van der Waals surface area (Å²) >= 11 is 0. The zero-order valence-electron chi connectivity index (χ0n) is 21.6. The molecule has 0 amide bonds. The second-order valence-corrected chi connectivity index (χ2v) is 10.1. The van der Waals surface area contributed by atoms with Gasteiger partial charge in [0.2, 0.25) is 0 Å². The number of nitrogens with zero attached hydrogens (tertiary/aromatic N) is 4. The molecule has 1 unspecified atom stereocenters. The summed E-state index contributed by atoms with van der Waals surface area (Å²) < 4.78 is 0. The molecule has 1 radical (unpaired) electrons. The van der Waals surface area contributed by atoms with E-state index in [4.69, 9.17) is 0 Å². The van der Waals surface area contributed by atoms with Gasteiger partial charge in [0.1, 0.15) is 0 Å². The van der Waals surface area contributed by atoms with Crippen molar-refractivity contribution in [2.24, 2.45) is 5.92 Å². The molecule has 0 aromatic rings. The maximum Gasteiger partial charge on any atom is 3.00 e. The van der Waals surface area contributed by atoms with Crippen LogP contribution in [-0.4, -0.2) is 140 Å². The number of carbonyl (C=O) groups excluding carboxylic acids is 3. The Morgan fingerprint density at radius 1 is 0.703 bits per heavy atom. The number of carboxylic acids is 3. The van der Waals surface area contributed by atoms with E-state index in [1.165, 1.54) is 32.1 Å². The van der Waals surface area contributed by atoms with Gasteiger partial charge in [0, 0.05) is 85.1 Å². The van der Waals surface area contributed by atoms with Crippen molar-refractivity contribution < 1.29 is 74.8 Å². The molecular formula is C24H42GdN5O7. The molecule has 1 aliphatic heterocycles. The number of aliphatic hydroxyl groups is 1. The maximum atomic E-state index is 11.3. The van der Waals surface area contributed by atoms with Crippen molar-refractivity contribution in [2.45, 2.75) is 38.2 Å². The van der Waals surface area contributed by atoms with Gasteiger partial charge in [-0.25, -0.2) is 0 Å². The summed E-state index contributed by atoms with van der Waals surface area (Å²) in [4.78, 5) is 40.7. The molecule has 1 atom stereocenters. The molecule has 1 aliphatic carbocycles. The molecule has 1 saturated carbocycles. The Balaban J connectivity index is 0.00000684. The van der Waals surface area contributed by atoms with E-state index in [0.29, 0.717) is 58.3 Å². The van der Waals surface area contributed by atoms with Crippen molar-refractivity contribution in [1.82, 2.24) is 24.9 Å². The fraction of sp³-hybridized carbons (Fsp3) is 0.875. The van der Waals surface area contributed by atoms with Crippen LogP contribution in [0, 0.1) is 45.9 Å². The number of rotatable bonds is 12. The number of nitrogens with one attached hydrogen (secondary N) is 1. The fourth-order valence-electron chi connectivity index (χ4n) is 4.99. The average molecular weight is 670 g/mol. The smallest absolute Gasteiger partial charge is 0.549 e. The first kappa shape index (κ1) is 34.5. The van der Waals surface area contributed by atoms with Crippen molar-refractivity contribution in [1.29, 1.82) is 0 Å². The van der Waals surface area contributed by atoms with Gasteiger partial charge in [-0.2, -0.15) is 0 Å². The van der Waals surface area contributed by atoms with Crippen molar-refractivity contribution >= 4 is 17.9 Å². The third-order valence-electron chi connectivity index (χ3n) is 6.99. The van der Waals surface area contributed by atoms with E-state index < -0.39 is 24.0 Å². The molecule has 2 N–H and O–H groups in total. The predicted octanol–water partition coefficient (Wildman–Crippen LogP) is -5.01. The summed E-state index contributed by atoms with van der Waals surface area (Å²) in [6.45, 7) is 3.70. The van der Waals surface area contributed by atoms with Crippen LogP contribution in [0.1, 0.15) is 32.1 Å². The van der Waals surface area contributed by atoms with E-state index in [2.05, 4.69) is 5.32 Å². The van der Waals surface area contributed by atoms with Crippen LogP contribution < -0.4 is 20.6 Å². The monoisotopic (exact) mass is 670 g/mol. The van der Waals surface area contributed by atoms with Gasteiger partial charge in [-0.1, -0.05) is 19.3 Å². The van der Waals surface area contributed by atoms with E-state index in [-0.39, 0.29) is 72.7 Å². The summed E-state index contributed by atoms with van der Waals surface area (Å²) in [5.41, 5.74) is 0. The summed E-state index contributed by atoms with van der Waals surface area (Å²) in [7, 11) is 0. The minimum atomic E-state index is -1.25. The molecule has 2 aliphatic rings. The van der Waals surface area contributed by atoms with Gasteiger partial charge in [-0.05, 0) is 25.3 Å². The van der Waals surface area contributed by atoms with Crippen LogP contribution in [0.2, 0.25) is 0 Å². The zero-order valence-corrected chi connectivity index (χ0v) is 23.9. The normalized spacial score (nSPS) is 21.3. The van der Waals surface area contributed by atoms with Gasteiger partial charge in [0.15, 0.2) is 0 Å². The van der Waals surface area contributed by atoms with Crippen LogP contribution >= 0.6 is 0 Å². The largest absolute Gasteiger partial charge is 3.00 e. The Hall–Kier alpha value is -0.505. The second kappa shape index (κ2) is 19.5. The van der Waals surface area contributed by atoms with E-state index in [0.717, 1.165) is 6.54 Å². The standard InChI is InChI=1S/C24H45N5O7.Gd/c30-21(15-25-14-20-4-2-1-3-5-20)16-26-6-8-27(17-22(31)32)10-12-29(19-24(35)36)13-11-28(9-7-26)18-23(33)34;/h20-21,25,30H,1-19H2,(H,31,32)(H,33,34)(H,35,36);/q;+3/p-3. The van der Waals surface area contributed by atoms with E-state index >= 15 is 0 Å². The predicted molar refractivity (Wildman–Crippen MR) is 126 cm³/mol. The van der Waals surface area contributed by atoms with Gasteiger partial charge in [-0.15, -0.1) is 0 Å². The molecule has 37 heavy (non-hydrogen) atoms. The number of β-amino-alcohol motifs (C(OH)–C–C–N with tert-alkyl or cyclic N) is 1. The molecule has 1 saturated heterocycles. The van der Waals surface area contributed by atoms with Crippen LogP contribution in [0.5, 0.6) is 0 Å². The van der Waals surface area contributed by atoms with Crippen molar-refractivity contribution in [2.75, 3.05) is 91.6 Å². The molecule has 0 aromatic heterocycles. The molecule has 2 fully saturated rings. The molecule has 1 heterocycles. The Bertz CT molecular complexity index is 652. The van der Waals surface area contributed by atoms with Gasteiger partial charge >= 0.3 is 39.9 Å². The van der Waals surface area contributed by atoms with Crippen LogP contribution in [0.15, 0.2) is 0 Å². The first-order chi connectivity index (χ1) is 17.2. The van der Waals surface area contributed by atoms with E-state index in [1.807, 2.05) is 4.90 Å². The molecule has 0 aromatic carbocycles. The minimum absolute atomic E-state index is 0. The van der Waals surface area contributed by atoms with Crippen molar-refractivity contribution in [3.05, 3.63) is 0 Å². The molecule has 0 spiro atoms. The number of carboxylic acid groups (broad SMARTS) is 3. The first-order valence-electron chi connectivity index (χ1n) is 13.1. The molecule has 0 bridgehead atoms. The van der Waals surface area contributed by atoms with Gasteiger partial charge in [0.05, 0.1) is 24.0 Å². The third-order valence-corrected chi connectivity index (χ3v) is 6.99. The van der Waals surface area contributed by atoms with Crippen LogP contribution in [0.25, 0.3) is 0 Å². The molecular weight excluding hydrogens is 628 g/mol. The Morgan fingerprint density at radius 3 is 1.46 bits per heavy atom. The number of carbonyl (C=O) groups is 3. The van der Waals surface area contributed by atoms with E-state index in [9.17, 15) is 34.8 Å². The topological polar surface area (TPSA) is 166 Å². The Morgan fingerprint density at radius 2 is 1.08 bits per heavy atom. The SMILES string of the molecule is O=C([O-])CN1CCN(CC(=O)[O-])CCN(CC(O)CNCC2CCCCC2)CCN(CC(=O)[O-])CC1.[Gd+3]. The van der Waals surface area contributed by atoms with Crippen LogP contribution in [0.4, 0.5) is 0 Å². The first-order valence-corrected chi connectivity index (χ1v) is 13.1. The van der Waals surface area contributed by atoms with Crippen LogP contribution in [-0.2, 0) is 14.4 Å². The van der Waals surface area contributed by atoms with Crippen LogP contribution in [0.3, 0.4) is 0 Å². The number of hydrogen-bond acceptors (Lipinski definition) is 12. The molecule has 2 rings (SSSR count). The average Bonchev–Trinajstić information content (AvgIpc) is 2.80. The van der Waals surface area contributed by atoms with E-state index in [1.54, 1.807) is 14.7 Å². The van der Waals surface area contributed by atoms with Gasteiger partial charge in [-0.3, -0.25) is 19.6 Å². The van der Waals surface area contributed by atoms with Crippen molar-refractivity contribution in [3.63, 3.8) is 0 Å². The summed E-state index contributed by atoms with van der Waals surface area (Å²) in [5.74, 6) is -3.03. The number of hydrogen-bond donors (Lipinski definition) is 2. The quantitative estimate of drug-likeness (QED) is 0.204. The number of aliphatic hydroxyl groups excluding tert-OH is 1. The number of aliphatic carboxylic acids is 3.